The molecule has 0 bridgehead atoms. The number of para-hydroxylation sites is 5. The Kier molecular flexibility index (Phi) is 29.7. The average Bonchev–Trinajstić information content (AvgIpc) is 0.864. The highest BCUT2D eigenvalue weighted by Gasteiger charge is 2.30. The number of nitro benzene ring substituents is 1. The Labute approximate surface area is 750 Å². The van der Waals surface area contributed by atoms with Crippen molar-refractivity contribution in [2.75, 3.05) is 145 Å². The fourth-order valence-corrected chi connectivity index (χ4v) is 15.8. The number of fused-ring (bicyclic) bond motifs is 7. The minimum atomic E-state index is -0.719. The molecule has 7 aromatic carbocycles. The molecule has 1 amide bonds. The summed E-state index contributed by atoms with van der Waals surface area (Å²) in [5.74, 6) is 3.62. The lowest BCUT2D eigenvalue weighted by molar-refractivity contribution is -0.385. The number of aromatic amines is 7. The largest absolute Gasteiger partial charge is 0.490 e. The molecule has 14 heterocycles. The van der Waals surface area contributed by atoms with E-state index in [1.54, 1.807) is 89.0 Å². The molecule has 0 saturated carbocycles. The average molecular weight is 1810 g/mol. The van der Waals surface area contributed by atoms with Gasteiger partial charge in [-0.1, -0.05) is 71.2 Å². The van der Waals surface area contributed by atoms with E-state index in [-0.39, 0.29) is 23.3 Å². The molecule has 666 valence electrons. The van der Waals surface area contributed by atoms with Gasteiger partial charge < -0.3 is 107 Å². The van der Waals surface area contributed by atoms with Crippen LogP contribution in [0.4, 0.5) is 64.8 Å². The lowest BCUT2D eigenvalue weighted by atomic mass is 10.1. The van der Waals surface area contributed by atoms with Crippen molar-refractivity contribution >= 4 is 92.1 Å². The van der Waals surface area contributed by atoms with Gasteiger partial charge in [0.15, 0.2) is 34.6 Å². The fourth-order valence-electron chi connectivity index (χ4n) is 15.0. The van der Waals surface area contributed by atoms with Crippen LogP contribution in [0.3, 0.4) is 0 Å². The highest BCUT2D eigenvalue weighted by atomic mass is 35.5. The normalized spacial score (nSPS) is 14.0. The van der Waals surface area contributed by atoms with Gasteiger partial charge >= 0.3 is 6.09 Å². The number of nitro groups is 1. The van der Waals surface area contributed by atoms with E-state index in [1.807, 2.05) is 109 Å². The van der Waals surface area contributed by atoms with Gasteiger partial charge in [-0.25, -0.2) is 48.5 Å². The zero-order valence-electron chi connectivity index (χ0n) is 70.2. The molecule has 0 spiro atoms. The number of nitrogens with zero attached hydrogens (tertiary/aromatic N) is 16. The first-order chi connectivity index (χ1) is 62.5. The SMILES string of the molecule is CCOC(=O)N(C)c1ccc2c(c1)N(Cc1cnc[nH]1)CCO2.Cc1cccc2c1N(Cc1cnc[nH]1)CCO2.Clc1cc(Cl)c2c(c1)N(Cc1cnc[nH]1)CCO2.Clc1cccc2c1OCCN2Cc1cnc[nH]1.Fc1cccc2c1OCCN2Cc1cnc[nH]1.O=[N+]([O-])c1cc(F)c2c(c1)N(Cc1cnc[nH]1)CCO2.c1ccc2c(c1)OCCN2Cc1cnc[nH]1. The molecule has 39 heteroatoms. The Morgan fingerprint density at radius 1 is 0.414 bits per heavy atom. The maximum Gasteiger partial charge on any atom is 0.413 e. The van der Waals surface area contributed by atoms with Gasteiger partial charge in [-0.3, -0.25) is 15.0 Å². The summed E-state index contributed by atoms with van der Waals surface area (Å²) in [5, 5.41) is 12.6. The van der Waals surface area contributed by atoms with Crippen LogP contribution in [0, 0.1) is 28.7 Å². The molecule has 0 saturated heterocycles. The zero-order chi connectivity index (χ0) is 88.7. The van der Waals surface area contributed by atoms with Crippen molar-refractivity contribution in [2.45, 2.75) is 59.7 Å². The first-order valence-electron chi connectivity index (χ1n) is 41.3. The van der Waals surface area contributed by atoms with Crippen LogP contribution in [0.2, 0.25) is 15.1 Å². The zero-order valence-corrected chi connectivity index (χ0v) is 72.5. The van der Waals surface area contributed by atoms with E-state index in [2.05, 4.69) is 118 Å². The van der Waals surface area contributed by atoms with E-state index in [4.69, 9.17) is 72.7 Å². The molecular formula is C89H94Cl3F2N23O11. The number of hydrogen-bond donors (Lipinski definition) is 7. The van der Waals surface area contributed by atoms with Crippen LogP contribution < -0.4 is 72.4 Å². The molecule has 0 fully saturated rings. The van der Waals surface area contributed by atoms with E-state index >= 15 is 0 Å². The third kappa shape index (κ3) is 22.6. The number of imidazole rings is 7. The summed E-state index contributed by atoms with van der Waals surface area (Å²) < 4.78 is 71.3. The number of amides is 1. The van der Waals surface area contributed by atoms with Crippen LogP contribution >= 0.6 is 34.8 Å². The summed E-state index contributed by atoms with van der Waals surface area (Å²) in [6.45, 7) is 19.1. The van der Waals surface area contributed by atoms with Crippen molar-refractivity contribution in [1.29, 1.82) is 0 Å². The lowest BCUT2D eigenvalue weighted by Gasteiger charge is -2.32. The van der Waals surface area contributed by atoms with E-state index in [0.29, 0.717) is 98.1 Å². The van der Waals surface area contributed by atoms with E-state index in [9.17, 15) is 23.7 Å². The number of anilines is 8. The standard InChI is InChI=1S/C16H20N4O3.C13H15N3O.C12H11Cl2N3O.C12H12ClN3O.C12H11FN4O3.C12H12FN3O.C12H13N3O/c1-3-22-16(21)19(2)13-4-5-15-14(8-13)20(6-7-23-15)10-12-9-17-11-18-12;1-10-3-2-4-12-13(10)16(5-6-17-12)8-11-7-14-9-15-11;13-8-3-10(14)12-11(4-8)17(1-2-18-12)6-9-5-15-7-16-9;13-10-2-1-3-11-12(10)17-5-4-16(11)7-9-6-14-8-15-9;13-10-3-9(17(18)19)4-11-12(10)20-2-1-16(11)6-8-5-14-7-15-8;13-10-2-1-3-11-12(10)17-5-4-16(11)7-9-6-14-8-15-9;1-2-4-12-11(3-1)15(5-6-16-12)8-10-7-13-9-14-10/h4-5,8-9,11H,3,6-7,10H2,1-2H3,(H,17,18);2-4,7,9H,5-6,8H2,1H3,(H,14,15);3-5,7H,1-2,6H2,(H,15,16);1-3,6,8H,4-5,7H2,(H,14,15);3-5,7H,1-2,6H2,(H,14,15);1-3,6,8H,4-5,7H2,(H,14,15);1-4,7,9H,5-6,8H2,(H,13,14). The maximum absolute atomic E-state index is 13.9. The Hall–Kier alpha value is -14.4. The van der Waals surface area contributed by atoms with Crippen LogP contribution in [-0.4, -0.2) is 187 Å². The second-order valence-corrected chi connectivity index (χ2v) is 30.9. The number of carbonyl (C=O) groups is 1. The quantitative estimate of drug-likeness (QED) is 0.0329. The number of benzene rings is 7. The molecule has 0 radical (unpaired) electrons. The van der Waals surface area contributed by atoms with Crippen molar-refractivity contribution in [2.24, 2.45) is 0 Å². The number of non-ortho nitro benzene ring substituents is 1. The Balaban J connectivity index is 0.000000115. The van der Waals surface area contributed by atoms with Gasteiger partial charge in [0.25, 0.3) is 5.69 Å². The summed E-state index contributed by atoms with van der Waals surface area (Å²) in [6, 6.07) is 36.6. The van der Waals surface area contributed by atoms with Gasteiger partial charge in [-0.05, 0) is 92.2 Å². The molecule has 7 aliphatic heterocycles. The second kappa shape index (κ2) is 43.0. The molecule has 0 unspecified atom stereocenters. The van der Waals surface area contributed by atoms with Gasteiger partial charge in [0.1, 0.15) is 63.5 Å². The third-order valence-corrected chi connectivity index (χ3v) is 21.9. The Bertz CT molecular complexity index is 5780. The van der Waals surface area contributed by atoms with Crippen molar-refractivity contribution in [3.8, 4) is 40.2 Å². The van der Waals surface area contributed by atoms with Gasteiger partial charge in [-0.2, -0.15) is 0 Å². The number of halogens is 5. The van der Waals surface area contributed by atoms with Crippen molar-refractivity contribution in [3.05, 3.63) is 291 Å². The number of H-pyrrole nitrogens is 7. The first-order valence-corrected chi connectivity index (χ1v) is 42.4. The van der Waals surface area contributed by atoms with E-state index in [1.165, 1.54) is 28.3 Å². The summed E-state index contributed by atoms with van der Waals surface area (Å²) in [7, 11) is 1.70. The highest BCUT2D eigenvalue weighted by Crippen LogP contribution is 2.44. The highest BCUT2D eigenvalue weighted by molar-refractivity contribution is 6.36. The van der Waals surface area contributed by atoms with Crippen molar-refractivity contribution in [3.63, 3.8) is 0 Å². The minimum Gasteiger partial charge on any atom is -0.490 e. The molecule has 7 N–H and O–H groups in total. The molecular weight excluding hydrogens is 1710 g/mol. The minimum absolute atomic E-state index is 0.0568. The lowest BCUT2D eigenvalue weighted by Crippen LogP contribution is -2.33. The monoisotopic (exact) mass is 1800 g/mol. The number of rotatable bonds is 17. The number of aryl methyl sites for hydroxylation is 1. The van der Waals surface area contributed by atoms with Gasteiger partial charge in [0.05, 0.1) is 243 Å². The first kappa shape index (κ1) is 88.5. The van der Waals surface area contributed by atoms with Crippen LogP contribution in [0.25, 0.3) is 0 Å². The fraction of sp³-hybridized carbons (Fsp3) is 0.281. The van der Waals surface area contributed by atoms with Gasteiger partial charge in [0.2, 0.25) is 0 Å². The Morgan fingerprint density at radius 3 is 1.27 bits per heavy atom. The molecule has 21 rings (SSSR count). The number of ether oxygens (including phenoxy) is 8. The molecule has 0 aliphatic carbocycles. The summed E-state index contributed by atoms with van der Waals surface area (Å²) in [4.78, 5) is 88.3. The molecule has 34 nitrogen and oxygen atoms in total. The summed E-state index contributed by atoms with van der Waals surface area (Å²) in [5.41, 5.74) is 15.4. The van der Waals surface area contributed by atoms with Gasteiger partial charge in [-0.15, -0.1) is 0 Å². The predicted octanol–water partition coefficient (Wildman–Crippen LogP) is 15.7. The van der Waals surface area contributed by atoms with Crippen LogP contribution in [0.5, 0.6) is 40.2 Å². The van der Waals surface area contributed by atoms with Gasteiger partial charge in [0, 0.05) is 67.2 Å². The molecule has 0 atom stereocenters. The maximum atomic E-state index is 13.9. The second-order valence-electron chi connectivity index (χ2n) is 29.7. The predicted molar refractivity (Wildman–Crippen MR) is 483 cm³/mol. The summed E-state index contributed by atoms with van der Waals surface area (Å²) >= 11 is 18.3. The smallest absolute Gasteiger partial charge is 0.413 e. The summed E-state index contributed by atoms with van der Waals surface area (Å²) in [6.07, 6.45) is 23.9. The number of carbonyl (C=O) groups excluding carboxylic acids is 1. The Morgan fingerprint density at radius 2 is 0.789 bits per heavy atom. The number of aromatic nitrogens is 14. The third-order valence-electron chi connectivity index (χ3n) is 21.1. The molecule has 128 heavy (non-hydrogen) atoms. The van der Waals surface area contributed by atoms with Crippen molar-refractivity contribution in [1.82, 2.24) is 69.8 Å². The van der Waals surface area contributed by atoms with Crippen LogP contribution in [0.15, 0.2) is 209 Å². The van der Waals surface area contributed by atoms with Crippen LogP contribution in [-0.2, 0) is 50.6 Å². The van der Waals surface area contributed by atoms with E-state index < -0.39 is 10.7 Å². The molecule has 7 aliphatic rings. The van der Waals surface area contributed by atoms with Crippen molar-refractivity contribution < 1.29 is 56.4 Å². The number of hydrogen-bond acceptors (Lipinski definition) is 25. The topological polar surface area (TPSA) is 361 Å². The molecule has 14 aromatic rings. The van der Waals surface area contributed by atoms with E-state index in [0.717, 1.165) is 182 Å². The number of nitrogens with one attached hydrogen (secondary N) is 7. The molecule has 7 aromatic heterocycles. The van der Waals surface area contributed by atoms with Crippen LogP contribution in [0.1, 0.15) is 52.3 Å².